The number of halogens is 3. The van der Waals surface area contributed by atoms with Crippen LogP contribution in [0.5, 0.6) is 17.2 Å². The van der Waals surface area contributed by atoms with Crippen molar-refractivity contribution in [1.29, 1.82) is 0 Å². The first kappa shape index (κ1) is 22.5. The van der Waals surface area contributed by atoms with Gasteiger partial charge in [-0.1, -0.05) is 54.6 Å². The van der Waals surface area contributed by atoms with Gasteiger partial charge in [0.05, 0.1) is 0 Å². The van der Waals surface area contributed by atoms with Gasteiger partial charge in [0.1, 0.15) is 17.2 Å². The number of benzene rings is 3. The molecule has 3 aromatic rings. The molecule has 0 unspecified atom stereocenters. The molecular formula is C18H18F3O3W. The van der Waals surface area contributed by atoms with Crippen LogP contribution >= 0.6 is 0 Å². The maximum absolute atomic E-state index is 9.86. The molecule has 0 aliphatic carbocycles. The van der Waals surface area contributed by atoms with Crippen molar-refractivity contribution in [3.05, 3.63) is 91.0 Å². The number of rotatable bonds is 0. The summed E-state index contributed by atoms with van der Waals surface area (Å²) in [4.78, 5) is 0. The van der Waals surface area contributed by atoms with E-state index in [1.807, 2.05) is 18.2 Å². The maximum atomic E-state index is 9.86. The Morgan fingerprint density at radius 2 is 0.600 bits per heavy atom. The Morgan fingerprint density at radius 3 is 0.680 bits per heavy atom. The van der Waals surface area contributed by atoms with Crippen LogP contribution in [0.4, 0.5) is 9.47 Å². The number of hydrogen-bond acceptors (Lipinski definition) is 3. The van der Waals surface area contributed by atoms with E-state index in [1.54, 1.807) is 72.8 Å². The summed E-state index contributed by atoms with van der Waals surface area (Å²) in [6, 6.07) is 26.1. The molecule has 0 aromatic heterocycles. The summed E-state index contributed by atoms with van der Waals surface area (Å²) >= 11 is -5.03. The summed E-state index contributed by atoms with van der Waals surface area (Å²) in [6.07, 6.45) is 0. The zero-order chi connectivity index (χ0) is 18.9. The van der Waals surface area contributed by atoms with Gasteiger partial charge >= 0.3 is 28.4 Å². The molecule has 0 amide bonds. The van der Waals surface area contributed by atoms with Crippen molar-refractivity contribution in [2.45, 2.75) is 0 Å². The summed E-state index contributed by atoms with van der Waals surface area (Å²) in [6.45, 7) is 0. The third-order valence-electron chi connectivity index (χ3n) is 2.27. The minimum absolute atomic E-state index is 0.322. The van der Waals surface area contributed by atoms with E-state index in [0.29, 0.717) is 17.2 Å². The molecule has 0 aliphatic heterocycles. The van der Waals surface area contributed by atoms with Crippen LogP contribution in [-0.2, 0) is 18.9 Å². The van der Waals surface area contributed by atoms with Gasteiger partial charge in [-0.15, -0.1) is 0 Å². The van der Waals surface area contributed by atoms with Crippen molar-refractivity contribution >= 4 is 0 Å². The first-order valence-corrected chi connectivity index (χ1v) is 10.2. The van der Waals surface area contributed by atoms with Crippen LogP contribution in [0.2, 0.25) is 0 Å². The van der Waals surface area contributed by atoms with E-state index in [1.165, 1.54) is 0 Å². The summed E-state index contributed by atoms with van der Waals surface area (Å²) in [5, 5.41) is 25.9. The van der Waals surface area contributed by atoms with Gasteiger partial charge in [-0.05, 0) is 36.4 Å². The molecule has 0 fully saturated rings. The predicted molar refractivity (Wildman–Crippen MR) is 87.6 cm³/mol. The van der Waals surface area contributed by atoms with Gasteiger partial charge in [0.2, 0.25) is 0 Å². The second kappa shape index (κ2) is 15.1. The average Bonchev–Trinajstić information content (AvgIpc) is 2.58. The summed E-state index contributed by atoms with van der Waals surface area (Å²) in [7, 11) is 0. The van der Waals surface area contributed by atoms with Gasteiger partial charge in [0.15, 0.2) is 0 Å². The Labute approximate surface area is 152 Å². The van der Waals surface area contributed by atoms with Crippen molar-refractivity contribution in [2.24, 2.45) is 0 Å². The first-order valence-electron chi connectivity index (χ1n) is 6.87. The van der Waals surface area contributed by atoms with Gasteiger partial charge in [0.25, 0.3) is 0 Å². The molecule has 3 rings (SSSR count). The van der Waals surface area contributed by atoms with Crippen LogP contribution in [0.15, 0.2) is 91.0 Å². The molecule has 0 aliphatic rings. The van der Waals surface area contributed by atoms with Gasteiger partial charge in [-0.25, -0.2) is 0 Å². The van der Waals surface area contributed by atoms with E-state index in [-0.39, 0.29) is 0 Å². The van der Waals surface area contributed by atoms with Gasteiger partial charge in [-0.2, -0.15) is 0 Å². The zero-order valence-corrected chi connectivity index (χ0v) is 16.0. The standard InChI is InChI=1S/3C6H6O.3FH.W/c3*7-6-4-2-1-3-5-6;;;;/h3*1-5,7H;3*1H;/q;;;;;;+3/p-3. The topological polar surface area (TPSA) is 60.7 Å². The number of phenolic OH excluding ortho intramolecular Hbond substituents is 3. The van der Waals surface area contributed by atoms with Crippen LogP contribution in [-0.4, -0.2) is 15.3 Å². The third kappa shape index (κ3) is 17.7. The normalized spacial score (nSPS) is 8.64. The second-order valence-electron chi connectivity index (χ2n) is 4.18. The number of aromatic hydroxyl groups is 3. The molecule has 3 N–H and O–H groups in total. The molecule has 3 nitrogen and oxygen atoms in total. The predicted octanol–water partition coefficient (Wildman–Crippen LogP) is 5.43. The molecule has 135 valence electrons. The fourth-order valence-electron chi connectivity index (χ4n) is 1.28. The van der Waals surface area contributed by atoms with Crippen molar-refractivity contribution in [3.63, 3.8) is 0 Å². The molecule has 25 heavy (non-hydrogen) atoms. The molecule has 0 atom stereocenters. The Hall–Kier alpha value is -2.46. The third-order valence-corrected chi connectivity index (χ3v) is 2.27. The van der Waals surface area contributed by atoms with Crippen molar-refractivity contribution in [3.8, 4) is 17.2 Å². The van der Waals surface area contributed by atoms with E-state index in [9.17, 15) is 9.47 Å². The Balaban J connectivity index is 0.000000314. The minimum atomic E-state index is -5.03. The second-order valence-corrected chi connectivity index (χ2v) is 5.44. The Kier molecular flexibility index (Phi) is 13.6. The molecular weight excluding hydrogens is 505 g/mol. The number of phenols is 3. The Bertz CT molecular complexity index is 550. The van der Waals surface area contributed by atoms with Gasteiger partial charge in [-0.3, -0.25) is 0 Å². The fraction of sp³-hybridized carbons (Fsp3) is 0. The SMILES string of the molecule is Oc1ccccc1.Oc1ccccc1.Oc1ccccc1.[F][W]([F])[F]. The van der Waals surface area contributed by atoms with E-state index in [0.717, 1.165) is 0 Å². The monoisotopic (exact) mass is 523 g/mol. The van der Waals surface area contributed by atoms with E-state index < -0.39 is 18.9 Å². The molecule has 0 saturated carbocycles. The zero-order valence-electron chi connectivity index (χ0n) is 13.0. The van der Waals surface area contributed by atoms with E-state index >= 15 is 0 Å². The van der Waals surface area contributed by atoms with Gasteiger partial charge < -0.3 is 15.3 Å². The van der Waals surface area contributed by atoms with Crippen molar-refractivity contribution in [2.75, 3.05) is 0 Å². The molecule has 0 saturated heterocycles. The van der Waals surface area contributed by atoms with Crippen molar-refractivity contribution in [1.82, 2.24) is 0 Å². The molecule has 0 spiro atoms. The van der Waals surface area contributed by atoms with E-state index in [2.05, 4.69) is 0 Å². The van der Waals surface area contributed by atoms with E-state index in [4.69, 9.17) is 15.3 Å². The van der Waals surface area contributed by atoms with Crippen LogP contribution in [0.1, 0.15) is 0 Å². The number of para-hydroxylation sites is 3. The molecule has 0 heterocycles. The molecule has 3 aromatic carbocycles. The van der Waals surface area contributed by atoms with Gasteiger partial charge in [0, 0.05) is 0 Å². The quantitative estimate of drug-likeness (QED) is 0.368. The average molecular weight is 523 g/mol. The fourth-order valence-corrected chi connectivity index (χ4v) is 1.28. The molecule has 7 heteroatoms. The summed E-state index contributed by atoms with van der Waals surface area (Å²) < 4.78 is 29.6. The summed E-state index contributed by atoms with van der Waals surface area (Å²) in [5.41, 5.74) is 0. The Morgan fingerprint density at radius 1 is 0.440 bits per heavy atom. The van der Waals surface area contributed by atoms with Crippen LogP contribution in [0, 0.1) is 0 Å². The van der Waals surface area contributed by atoms with Crippen LogP contribution in [0.25, 0.3) is 0 Å². The molecule has 0 bridgehead atoms. The summed E-state index contributed by atoms with van der Waals surface area (Å²) in [5.74, 6) is 0.965. The van der Waals surface area contributed by atoms with Crippen LogP contribution < -0.4 is 0 Å². The molecule has 0 radical (unpaired) electrons. The van der Waals surface area contributed by atoms with Crippen molar-refractivity contribution < 1.29 is 43.7 Å². The van der Waals surface area contributed by atoms with Crippen LogP contribution in [0.3, 0.4) is 0 Å². The first-order chi connectivity index (χ1) is 11.9. The number of hydrogen-bond donors (Lipinski definition) is 3.